The Labute approximate surface area is 247 Å². The lowest BCUT2D eigenvalue weighted by molar-refractivity contribution is -0.115. The maximum absolute atomic E-state index is 12.6. The van der Waals surface area contributed by atoms with Crippen LogP contribution in [0.5, 0.6) is 0 Å². The van der Waals surface area contributed by atoms with E-state index in [4.69, 9.17) is 28.2 Å². The molecule has 0 spiro atoms. The minimum atomic E-state index is -0.375. The summed E-state index contributed by atoms with van der Waals surface area (Å²) in [7, 11) is 0. The molecule has 10 heteroatoms. The van der Waals surface area contributed by atoms with Crippen LogP contribution in [0, 0.1) is 6.92 Å². The first-order valence-corrected chi connectivity index (χ1v) is 14.4. The Hall–Kier alpha value is -3.92. The molecule has 0 radical (unpaired) electrons. The highest BCUT2D eigenvalue weighted by atomic mass is 35.5. The molecule has 40 heavy (non-hydrogen) atoms. The molecule has 4 aromatic rings. The van der Waals surface area contributed by atoms with E-state index >= 15 is 0 Å². The Balaban J connectivity index is 1.08. The molecule has 1 fully saturated rings. The summed E-state index contributed by atoms with van der Waals surface area (Å²) in [6.07, 6.45) is 2.95. The maximum Gasteiger partial charge on any atom is 0.264 e. The summed E-state index contributed by atoms with van der Waals surface area (Å²) >= 11 is 13.0. The summed E-state index contributed by atoms with van der Waals surface area (Å²) in [6, 6.07) is 20.9. The maximum atomic E-state index is 12.6. The molecule has 0 bridgehead atoms. The van der Waals surface area contributed by atoms with Crippen molar-refractivity contribution in [3.8, 4) is 11.3 Å². The van der Waals surface area contributed by atoms with E-state index in [-0.39, 0.29) is 16.9 Å². The van der Waals surface area contributed by atoms with Gasteiger partial charge >= 0.3 is 0 Å². The number of carbonyl (C=O) groups excluding carboxylic acids is 2. The number of halogens is 1. The molecule has 1 saturated heterocycles. The number of aryl methyl sites for hydroxylation is 1. The van der Waals surface area contributed by atoms with E-state index in [0.717, 1.165) is 40.5 Å². The van der Waals surface area contributed by atoms with Gasteiger partial charge in [0.25, 0.3) is 5.91 Å². The number of anilines is 2. The quantitative estimate of drug-likeness (QED) is 0.198. The van der Waals surface area contributed by atoms with Crippen molar-refractivity contribution in [1.82, 2.24) is 10.2 Å². The number of thiophene rings is 1. The van der Waals surface area contributed by atoms with Crippen molar-refractivity contribution < 1.29 is 14.0 Å². The number of hydrogen-bond acceptors (Lipinski definition) is 6. The number of furan rings is 1. The van der Waals surface area contributed by atoms with Crippen molar-refractivity contribution in [2.24, 2.45) is 0 Å². The lowest BCUT2D eigenvalue weighted by atomic mass is 10.1. The summed E-state index contributed by atoms with van der Waals surface area (Å²) in [5.41, 5.74) is 3.68. The minimum absolute atomic E-state index is 0.0983. The Bertz CT molecular complexity index is 1540. The van der Waals surface area contributed by atoms with Crippen LogP contribution in [-0.4, -0.2) is 48.0 Å². The van der Waals surface area contributed by atoms with Crippen LogP contribution in [-0.2, 0) is 4.79 Å². The number of hydrogen-bond donors (Lipinski definition) is 2. The van der Waals surface area contributed by atoms with E-state index in [1.54, 1.807) is 12.1 Å². The van der Waals surface area contributed by atoms with E-state index in [0.29, 0.717) is 29.6 Å². The van der Waals surface area contributed by atoms with Gasteiger partial charge in [-0.15, -0.1) is 11.3 Å². The average molecular weight is 591 g/mol. The second kappa shape index (κ2) is 12.5. The highest BCUT2D eigenvalue weighted by Crippen LogP contribution is 2.27. The number of rotatable bonds is 6. The number of piperazine rings is 1. The third-order valence-electron chi connectivity index (χ3n) is 6.51. The van der Waals surface area contributed by atoms with Gasteiger partial charge in [0.1, 0.15) is 11.5 Å². The fourth-order valence-electron chi connectivity index (χ4n) is 4.30. The van der Waals surface area contributed by atoms with Gasteiger partial charge in [0.05, 0.1) is 4.88 Å². The summed E-state index contributed by atoms with van der Waals surface area (Å²) in [4.78, 5) is 29.9. The molecule has 5 rings (SSSR count). The molecule has 1 aliphatic rings. The van der Waals surface area contributed by atoms with Crippen LogP contribution in [0.3, 0.4) is 0 Å². The number of thiocarbonyl (C=S) groups is 1. The summed E-state index contributed by atoms with van der Waals surface area (Å²) in [6.45, 7) is 4.83. The lowest BCUT2D eigenvalue weighted by Crippen LogP contribution is -2.48. The number of nitrogens with one attached hydrogen (secondary N) is 2. The molecule has 3 heterocycles. The molecular weight excluding hydrogens is 564 g/mol. The topological polar surface area (TPSA) is 77.8 Å². The fraction of sp³-hybridized carbons (Fsp3) is 0.167. The predicted molar refractivity (Wildman–Crippen MR) is 166 cm³/mol. The predicted octanol–water partition coefficient (Wildman–Crippen LogP) is 6.46. The summed E-state index contributed by atoms with van der Waals surface area (Å²) in [5, 5.41) is 8.46. The number of carbonyl (C=O) groups is 2. The summed E-state index contributed by atoms with van der Waals surface area (Å²) in [5.74, 6) is 0.922. The van der Waals surface area contributed by atoms with Crippen molar-refractivity contribution in [3.05, 3.63) is 99.4 Å². The summed E-state index contributed by atoms with van der Waals surface area (Å²) < 4.78 is 5.81. The van der Waals surface area contributed by atoms with Crippen molar-refractivity contribution in [3.63, 3.8) is 0 Å². The van der Waals surface area contributed by atoms with Gasteiger partial charge in [0.15, 0.2) is 5.11 Å². The van der Waals surface area contributed by atoms with Crippen LogP contribution in [0.2, 0.25) is 5.02 Å². The zero-order chi connectivity index (χ0) is 28.1. The highest BCUT2D eigenvalue weighted by molar-refractivity contribution is 7.80. The average Bonchev–Trinajstić information content (AvgIpc) is 3.67. The van der Waals surface area contributed by atoms with Gasteiger partial charge in [-0.3, -0.25) is 14.9 Å². The van der Waals surface area contributed by atoms with E-state index < -0.39 is 0 Å². The first-order valence-electron chi connectivity index (χ1n) is 12.7. The van der Waals surface area contributed by atoms with E-state index in [2.05, 4.69) is 15.5 Å². The molecule has 2 aromatic heterocycles. The van der Waals surface area contributed by atoms with Crippen LogP contribution in [0.25, 0.3) is 17.4 Å². The second-order valence-electron chi connectivity index (χ2n) is 9.25. The Morgan fingerprint density at radius 3 is 2.50 bits per heavy atom. The zero-order valence-corrected chi connectivity index (χ0v) is 24.1. The molecule has 0 saturated carbocycles. The van der Waals surface area contributed by atoms with E-state index in [1.807, 2.05) is 77.9 Å². The first-order chi connectivity index (χ1) is 19.4. The third-order valence-corrected chi connectivity index (χ3v) is 7.98. The smallest absolute Gasteiger partial charge is 0.264 e. The molecular formula is C30H27ClN4O3S2. The molecule has 7 nitrogen and oxygen atoms in total. The fourth-order valence-corrected chi connectivity index (χ4v) is 5.39. The van der Waals surface area contributed by atoms with Gasteiger partial charge in [0, 0.05) is 54.2 Å². The minimum Gasteiger partial charge on any atom is -0.457 e. The van der Waals surface area contributed by atoms with Gasteiger partial charge in [-0.2, -0.15) is 0 Å². The monoisotopic (exact) mass is 590 g/mol. The standard InChI is InChI=1S/C30H27ClN4O3S2/c1-20-4-5-21(19-25(20)31)26-12-10-24(38-26)11-13-28(36)33-30(39)32-22-6-8-23(9-7-22)34-14-16-35(17-15-34)29(37)27-3-2-18-40-27/h2-13,18-19H,14-17H2,1H3,(H2,32,33,36,39)/b13-11+. The van der Waals surface area contributed by atoms with Gasteiger partial charge in [-0.1, -0.05) is 29.8 Å². The molecule has 1 aliphatic heterocycles. The van der Waals surface area contributed by atoms with Gasteiger partial charge in [-0.05, 0) is 84.7 Å². The number of amides is 2. The van der Waals surface area contributed by atoms with Crippen LogP contribution < -0.4 is 15.5 Å². The highest BCUT2D eigenvalue weighted by Gasteiger charge is 2.22. The van der Waals surface area contributed by atoms with Gasteiger partial charge in [0.2, 0.25) is 5.91 Å². The van der Waals surface area contributed by atoms with Crippen molar-refractivity contribution >= 4 is 69.5 Å². The zero-order valence-electron chi connectivity index (χ0n) is 21.7. The number of benzene rings is 2. The van der Waals surface area contributed by atoms with Crippen LogP contribution in [0.1, 0.15) is 21.0 Å². The molecule has 2 aromatic carbocycles. The molecule has 0 aliphatic carbocycles. The Kier molecular flexibility index (Phi) is 8.64. The first kappa shape index (κ1) is 27.6. The van der Waals surface area contributed by atoms with Gasteiger partial charge < -0.3 is 19.5 Å². The molecule has 2 amide bonds. The molecule has 0 unspecified atom stereocenters. The van der Waals surface area contributed by atoms with Crippen molar-refractivity contribution in [2.45, 2.75) is 6.92 Å². The number of nitrogens with zero attached hydrogens (tertiary/aromatic N) is 2. The molecule has 2 N–H and O–H groups in total. The SMILES string of the molecule is Cc1ccc(-c2ccc(/C=C/C(=O)NC(=S)Nc3ccc(N4CCN(C(=O)c5cccs5)CC4)cc3)o2)cc1Cl. The normalized spacial score (nSPS) is 13.4. The van der Waals surface area contributed by atoms with E-state index in [9.17, 15) is 9.59 Å². The van der Waals surface area contributed by atoms with Crippen LogP contribution in [0.15, 0.2) is 82.6 Å². The van der Waals surface area contributed by atoms with Crippen LogP contribution >= 0.6 is 35.2 Å². The second-order valence-corrected chi connectivity index (χ2v) is 11.0. The third kappa shape index (κ3) is 6.80. The lowest BCUT2D eigenvalue weighted by Gasteiger charge is -2.36. The molecule has 204 valence electrons. The largest absolute Gasteiger partial charge is 0.457 e. The van der Waals surface area contributed by atoms with E-state index in [1.165, 1.54) is 17.4 Å². The Morgan fingerprint density at radius 1 is 1.02 bits per heavy atom. The van der Waals surface area contributed by atoms with Crippen LogP contribution in [0.4, 0.5) is 11.4 Å². The van der Waals surface area contributed by atoms with Crippen molar-refractivity contribution in [1.29, 1.82) is 0 Å². The van der Waals surface area contributed by atoms with Crippen molar-refractivity contribution in [2.75, 3.05) is 36.4 Å². The molecule has 0 atom stereocenters. The Morgan fingerprint density at radius 2 is 1.80 bits per heavy atom. The van der Waals surface area contributed by atoms with Gasteiger partial charge in [-0.25, -0.2) is 0 Å².